The van der Waals surface area contributed by atoms with Gasteiger partial charge in [0.05, 0.1) is 0 Å². The van der Waals surface area contributed by atoms with Crippen molar-refractivity contribution >= 4 is 0 Å². The maximum Gasteiger partial charge on any atom is 0.0148 e. The number of hydrogen-bond acceptors (Lipinski definition) is 2. The Morgan fingerprint density at radius 3 is 2.54 bits per heavy atom. The lowest BCUT2D eigenvalue weighted by molar-refractivity contribution is 0.380. The number of rotatable bonds is 5. The molecule has 1 aliphatic heterocycles. The van der Waals surface area contributed by atoms with E-state index in [1.165, 1.54) is 12.8 Å². The summed E-state index contributed by atoms with van der Waals surface area (Å²) >= 11 is 0. The minimum Gasteiger partial charge on any atom is -0.313 e. The van der Waals surface area contributed by atoms with E-state index in [-0.39, 0.29) is 0 Å². The summed E-state index contributed by atoms with van der Waals surface area (Å²) in [5, 5.41) is 11.3. The van der Waals surface area contributed by atoms with Gasteiger partial charge in [-0.1, -0.05) is 13.8 Å². The van der Waals surface area contributed by atoms with Crippen LogP contribution < -0.4 is 16.0 Å². The minimum atomic E-state index is 0.600. The summed E-state index contributed by atoms with van der Waals surface area (Å²) < 4.78 is 0. The van der Waals surface area contributed by atoms with Crippen LogP contribution in [0.1, 0.15) is 26.7 Å². The molecule has 1 heterocycles. The van der Waals surface area contributed by atoms with Gasteiger partial charge in [0, 0.05) is 38.3 Å². The molecule has 0 aromatic carbocycles. The van der Waals surface area contributed by atoms with Crippen LogP contribution in [-0.2, 0) is 0 Å². The van der Waals surface area contributed by atoms with Crippen LogP contribution in [-0.4, -0.2) is 38.3 Å². The Balaban J connectivity index is 1.92. The molecule has 3 heteroatoms. The van der Waals surface area contributed by atoms with Gasteiger partial charge in [-0.3, -0.25) is 0 Å². The summed E-state index contributed by atoms with van der Waals surface area (Å²) in [7, 11) is 0. The van der Waals surface area contributed by atoms with Crippen molar-refractivity contribution in [2.45, 2.75) is 38.8 Å². The maximum atomic E-state index is 4.33. The molecule has 0 aromatic rings. The molecular weight excluding hydrogens is 162 g/mol. The Morgan fingerprint density at radius 2 is 1.92 bits per heavy atom. The Bertz CT molecular complexity index is 119. The van der Waals surface area contributed by atoms with Crippen LogP contribution in [0, 0.1) is 0 Å². The van der Waals surface area contributed by atoms with E-state index < -0.39 is 0 Å². The van der Waals surface area contributed by atoms with Gasteiger partial charge in [0.1, 0.15) is 0 Å². The van der Waals surface area contributed by atoms with Gasteiger partial charge >= 0.3 is 0 Å². The first-order valence-electron chi connectivity index (χ1n) is 5.39. The lowest BCUT2D eigenvalue weighted by atomic mass is 10.1. The van der Waals surface area contributed by atoms with E-state index >= 15 is 0 Å². The summed E-state index contributed by atoms with van der Waals surface area (Å²) in [6, 6.07) is 1.31. The van der Waals surface area contributed by atoms with Gasteiger partial charge in [-0.15, -0.1) is 0 Å². The molecule has 1 rings (SSSR count). The minimum absolute atomic E-state index is 0.600. The predicted molar refractivity (Wildman–Crippen MR) is 56.0 cm³/mol. The molecular formula is C10H22N3. The van der Waals surface area contributed by atoms with Crippen molar-refractivity contribution in [1.82, 2.24) is 16.0 Å². The van der Waals surface area contributed by atoms with E-state index in [4.69, 9.17) is 0 Å². The van der Waals surface area contributed by atoms with Crippen molar-refractivity contribution in [1.29, 1.82) is 0 Å². The Labute approximate surface area is 81.7 Å². The molecule has 13 heavy (non-hydrogen) atoms. The molecule has 77 valence electrons. The van der Waals surface area contributed by atoms with Crippen molar-refractivity contribution in [3.63, 3.8) is 0 Å². The lowest BCUT2D eigenvalue weighted by Gasteiger charge is -2.23. The number of piperidine rings is 1. The third-order valence-corrected chi connectivity index (χ3v) is 2.38. The molecule has 1 aliphatic rings. The SMILES string of the molecule is CC(C)NCCNC1CC[N]CC1. The molecule has 3 nitrogen and oxygen atoms in total. The van der Waals surface area contributed by atoms with E-state index in [2.05, 4.69) is 29.8 Å². The predicted octanol–water partition coefficient (Wildman–Crippen LogP) is 0.341. The van der Waals surface area contributed by atoms with Crippen LogP contribution in [0.15, 0.2) is 0 Å². The van der Waals surface area contributed by atoms with Crippen molar-refractivity contribution in [2.75, 3.05) is 26.2 Å². The van der Waals surface area contributed by atoms with E-state index in [1.54, 1.807) is 0 Å². The van der Waals surface area contributed by atoms with Gasteiger partial charge in [-0.05, 0) is 12.8 Å². The third kappa shape index (κ3) is 5.24. The van der Waals surface area contributed by atoms with Gasteiger partial charge in [0.25, 0.3) is 0 Å². The zero-order chi connectivity index (χ0) is 9.52. The summed E-state index contributed by atoms with van der Waals surface area (Å²) in [6.45, 7) is 8.62. The maximum absolute atomic E-state index is 4.33. The van der Waals surface area contributed by atoms with Crippen molar-refractivity contribution < 1.29 is 0 Å². The van der Waals surface area contributed by atoms with Crippen molar-refractivity contribution in [3.05, 3.63) is 0 Å². The summed E-state index contributed by atoms with van der Waals surface area (Å²) in [4.78, 5) is 0. The zero-order valence-corrected chi connectivity index (χ0v) is 8.84. The Kier molecular flexibility index (Phi) is 5.35. The fourth-order valence-electron chi connectivity index (χ4n) is 1.59. The van der Waals surface area contributed by atoms with E-state index in [1.807, 2.05) is 0 Å². The molecule has 1 radical (unpaired) electrons. The molecule has 0 unspecified atom stereocenters. The third-order valence-electron chi connectivity index (χ3n) is 2.38. The number of nitrogens with zero attached hydrogens (tertiary/aromatic N) is 1. The van der Waals surface area contributed by atoms with Gasteiger partial charge in [0.2, 0.25) is 0 Å². The van der Waals surface area contributed by atoms with Crippen LogP contribution in [0.5, 0.6) is 0 Å². The zero-order valence-electron chi connectivity index (χ0n) is 8.84. The average molecular weight is 184 g/mol. The van der Waals surface area contributed by atoms with Crippen LogP contribution in [0.25, 0.3) is 0 Å². The summed E-state index contributed by atoms with van der Waals surface area (Å²) in [5.74, 6) is 0. The molecule has 0 aromatic heterocycles. The molecule has 0 aliphatic carbocycles. The lowest BCUT2D eigenvalue weighted by Crippen LogP contribution is -2.41. The first-order valence-corrected chi connectivity index (χ1v) is 5.39. The van der Waals surface area contributed by atoms with E-state index in [9.17, 15) is 0 Å². The second-order valence-corrected chi connectivity index (χ2v) is 4.01. The second-order valence-electron chi connectivity index (χ2n) is 4.01. The van der Waals surface area contributed by atoms with Gasteiger partial charge < -0.3 is 10.6 Å². The highest BCUT2D eigenvalue weighted by molar-refractivity contribution is 4.74. The number of hydrogen-bond donors (Lipinski definition) is 2. The molecule has 0 atom stereocenters. The second kappa shape index (κ2) is 6.35. The van der Waals surface area contributed by atoms with Crippen LogP contribution in [0.4, 0.5) is 0 Å². The van der Waals surface area contributed by atoms with E-state index in [0.29, 0.717) is 12.1 Å². The molecule has 0 spiro atoms. The van der Waals surface area contributed by atoms with Gasteiger partial charge in [-0.2, -0.15) is 0 Å². The monoisotopic (exact) mass is 184 g/mol. The average Bonchev–Trinajstić information content (AvgIpc) is 2.14. The van der Waals surface area contributed by atoms with Gasteiger partial charge in [-0.25, -0.2) is 5.32 Å². The molecule has 1 saturated heterocycles. The Hall–Kier alpha value is -0.120. The number of nitrogens with one attached hydrogen (secondary N) is 2. The Morgan fingerprint density at radius 1 is 1.23 bits per heavy atom. The first-order chi connectivity index (χ1) is 6.29. The molecule has 1 fully saturated rings. The molecule has 0 bridgehead atoms. The fourth-order valence-corrected chi connectivity index (χ4v) is 1.59. The molecule has 2 N–H and O–H groups in total. The van der Waals surface area contributed by atoms with Crippen molar-refractivity contribution in [3.8, 4) is 0 Å². The highest BCUT2D eigenvalue weighted by atomic mass is 15.0. The van der Waals surface area contributed by atoms with Crippen LogP contribution >= 0.6 is 0 Å². The molecule has 0 saturated carbocycles. The van der Waals surface area contributed by atoms with E-state index in [0.717, 1.165) is 26.2 Å². The van der Waals surface area contributed by atoms with Crippen LogP contribution in [0.2, 0.25) is 0 Å². The van der Waals surface area contributed by atoms with Crippen molar-refractivity contribution in [2.24, 2.45) is 0 Å². The largest absolute Gasteiger partial charge is 0.313 e. The summed E-state index contributed by atoms with van der Waals surface area (Å²) in [6.07, 6.45) is 2.45. The fraction of sp³-hybridized carbons (Fsp3) is 1.00. The first kappa shape index (κ1) is 11.0. The highest BCUT2D eigenvalue weighted by Crippen LogP contribution is 2.01. The highest BCUT2D eigenvalue weighted by Gasteiger charge is 2.11. The van der Waals surface area contributed by atoms with Crippen LogP contribution in [0.3, 0.4) is 0 Å². The quantitative estimate of drug-likeness (QED) is 0.605. The standard InChI is InChI=1S/C10H22N3/c1-9(2)12-7-8-13-10-3-5-11-6-4-10/h9-10,12-13H,3-8H2,1-2H3. The topological polar surface area (TPSA) is 38.2 Å². The molecule has 0 amide bonds. The van der Waals surface area contributed by atoms with Gasteiger partial charge in [0.15, 0.2) is 0 Å². The smallest absolute Gasteiger partial charge is 0.0148 e. The summed E-state index contributed by atoms with van der Waals surface area (Å²) in [5.41, 5.74) is 0. The normalized spacial score (nSPS) is 19.6.